The van der Waals surface area contributed by atoms with Gasteiger partial charge in [-0.2, -0.15) is 0 Å². The van der Waals surface area contributed by atoms with Gasteiger partial charge in [0.05, 0.1) is 0 Å². The van der Waals surface area contributed by atoms with Crippen molar-refractivity contribution in [3.63, 3.8) is 0 Å². The van der Waals surface area contributed by atoms with Gasteiger partial charge in [-0.15, -0.1) is 0 Å². The third-order valence-electron chi connectivity index (χ3n) is 1.94. The fraction of sp³-hybridized carbons (Fsp3) is 1.00. The summed E-state index contributed by atoms with van der Waals surface area (Å²) in [6, 6.07) is 0. The predicted molar refractivity (Wildman–Crippen MR) is 101 cm³/mol. The molecule has 0 aromatic rings. The van der Waals surface area contributed by atoms with E-state index in [1.165, 1.54) is 0 Å². The van der Waals surface area contributed by atoms with Gasteiger partial charge in [0, 0.05) is 16.6 Å². The van der Waals surface area contributed by atoms with Crippen LogP contribution in [0.3, 0.4) is 0 Å². The highest BCUT2D eigenvalue weighted by Crippen LogP contribution is 2.44. The molecule has 0 radical (unpaired) electrons. The Kier molecular flexibility index (Phi) is 6.54. The molecule has 0 aromatic heterocycles. The Labute approximate surface area is 134 Å². The Morgan fingerprint density at radius 3 is 1.00 bits per heavy atom. The quantitative estimate of drug-likeness (QED) is 0.504. The average molecular weight is 335 g/mol. The van der Waals surface area contributed by atoms with Gasteiger partial charge in [-0.1, -0.05) is 0 Å². The summed E-state index contributed by atoms with van der Waals surface area (Å²) in [4.78, 5) is 0. The highest BCUT2D eigenvalue weighted by atomic mass is 31.2. The van der Waals surface area contributed by atoms with Crippen LogP contribution in [0, 0.1) is 0 Å². The minimum Gasteiger partial charge on any atom is -0.300 e. The van der Waals surface area contributed by atoms with Crippen molar-refractivity contribution in [2.24, 2.45) is 4.41 Å². The Hall–Kier alpha value is 0.327. The molecule has 0 saturated carbocycles. The first-order chi connectivity index (χ1) is 8.83. The average Bonchev–Trinajstić information content (AvgIpc) is 1.83. The molecule has 0 unspecified atom stereocenters. The van der Waals surface area contributed by atoms with Crippen molar-refractivity contribution in [3.05, 3.63) is 0 Å². The fourth-order valence-corrected chi connectivity index (χ4v) is 9.35. The first-order valence-electron chi connectivity index (χ1n) is 7.84. The van der Waals surface area contributed by atoms with Crippen LogP contribution in [-0.2, 0) is 0 Å². The highest BCUT2D eigenvalue weighted by molar-refractivity contribution is 7.61. The topological polar surface area (TPSA) is 48.5 Å². The van der Waals surface area contributed by atoms with Gasteiger partial charge in [0.2, 0.25) is 0 Å². The van der Waals surface area contributed by atoms with Gasteiger partial charge < -0.3 is 0 Å². The zero-order valence-corrected chi connectivity index (χ0v) is 18.3. The minimum absolute atomic E-state index is 0.00652. The van der Waals surface area contributed by atoms with Gasteiger partial charge in [0.25, 0.3) is 0 Å². The maximum absolute atomic E-state index is 5.31. The van der Waals surface area contributed by atoms with E-state index in [1.54, 1.807) is 0 Å². The zero-order valence-electron chi connectivity index (χ0n) is 16.4. The SMILES string of the molecule is CC(C)(C)NP(=N[Si](C)(C)C)(NC(C)(C)C)NC(C)(C)C. The van der Waals surface area contributed by atoms with Crippen LogP contribution in [0.15, 0.2) is 4.41 Å². The Morgan fingerprint density at radius 1 is 0.619 bits per heavy atom. The summed E-state index contributed by atoms with van der Waals surface area (Å²) < 4.78 is 5.31. The molecule has 0 spiro atoms. The van der Waals surface area contributed by atoms with Gasteiger partial charge in [-0.3, -0.25) is 19.7 Å². The summed E-state index contributed by atoms with van der Waals surface area (Å²) in [5.41, 5.74) is -0.0196. The zero-order chi connectivity index (χ0) is 17.3. The van der Waals surface area contributed by atoms with Crippen molar-refractivity contribution in [3.8, 4) is 0 Å². The molecule has 6 heteroatoms. The lowest BCUT2D eigenvalue weighted by Crippen LogP contribution is -2.52. The van der Waals surface area contributed by atoms with E-state index < -0.39 is 15.7 Å². The van der Waals surface area contributed by atoms with E-state index in [1.807, 2.05) is 0 Å². The van der Waals surface area contributed by atoms with Crippen LogP contribution in [0.5, 0.6) is 0 Å². The number of hydrogen-bond donors (Lipinski definition) is 3. The van der Waals surface area contributed by atoms with Gasteiger partial charge in [-0.25, -0.2) is 0 Å². The van der Waals surface area contributed by atoms with Crippen LogP contribution in [0.1, 0.15) is 62.3 Å². The summed E-state index contributed by atoms with van der Waals surface area (Å²) >= 11 is 0. The molecule has 0 rings (SSSR count). The second-order valence-electron chi connectivity index (χ2n) is 9.99. The number of nitrogens with zero attached hydrogens (tertiary/aromatic N) is 1. The number of hydrogen-bond acceptors (Lipinski definition) is 1. The van der Waals surface area contributed by atoms with E-state index in [9.17, 15) is 0 Å². The molecule has 0 aliphatic rings. The third-order valence-corrected chi connectivity index (χ3v) is 8.52. The molecule has 3 N–H and O–H groups in total. The van der Waals surface area contributed by atoms with E-state index in [2.05, 4.69) is 97.2 Å². The lowest BCUT2D eigenvalue weighted by molar-refractivity contribution is 0.458. The minimum atomic E-state index is -2.05. The lowest BCUT2D eigenvalue weighted by atomic mass is 10.1. The Bertz CT molecular complexity index is 344. The first kappa shape index (κ1) is 21.3. The summed E-state index contributed by atoms with van der Waals surface area (Å²) in [5, 5.41) is 11.4. The predicted octanol–water partition coefficient (Wildman–Crippen LogP) is 4.93. The standard InChI is InChI=1S/C15H39N4PSi/c1-13(2,3)16-20(17-14(4,5)6,18-15(7,8)9)19-21(10,11)12/h16-18H,1-12H3. The second kappa shape index (κ2) is 6.44. The van der Waals surface area contributed by atoms with Crippen molar-refractivity contribution in [1.29, 1.82) is 0 Å². The largest absolute Gasteiger partial charge is 0.300 e. The van der Waals surface area contributed by atoms with E-state index in [0.29, 0.717) is 0 Å². The molecule has 0 aliphatic carbocycles. The first-order valence-corrected chi connectivity index (χ1v) is 13.0. The lowest BCUT2D eigenvalue weighted by Gasteiger charge is -2.43. The molecule has 0 amide bonds. The third kappa shape index (κ3) is 11.5. The summed E-state index contributed by atoms with van der Waals surface area (Å²) in [6.45, 7) is 26.7. The summed E-state index contributed by atoms with van der Waals surface area (Å²) in [5.74, 6) is 0. The maximum Gasteiger partial charge on any atom is 0.175 e. The van der Waals surface area contributed by atoms with Crippen LogP contribution in [-0.4, -0.2) is 24.9 Å². The van der Waals surface area contributed by atoms with Crippen molar-refractivity contribution < 1.29 is 0 Å². The molecule has 128 valence electrons. The Morgan fingerprint density at radius 2 is 0.857 bits per heavy atom. The molecular formula is C15H39N4PSi. The van der Waals surface area contributed by atoms with Gasteiger partial charge in [-0.05, 0) is 82.0 Å². The molecule has 0 saturated heterocycles. The monoisotopic (exact) mass is 334 g/mol. The van der Waals surface area contributed by atoms with Gasteiger partial charge in [0.1, 0.15) is 0 Å². The smallest absolute Gasteiger partial charge is 0.175 e. The molecule has 0 fully saturated rings. The van der Waals surface area contributed by atoms with E-state index in [4.69, 9.17) is 4.41 Å². The van der Waals surface area contributed by atoms with Crippen molar-refractivity contribution >= 4 is 15.7 Å². The van der Waals surface area contributed by atoms with Crippen molar-refractivity contribution in [2.75, 3.05) is 0 Å². The molecule has 4 nitrogen and oxygen atoms in total. The Balaban J connectivity index is 6.02. The van der Waals surface area contributed by atoms with Crippen LogP contribution in [0.2, 0.25) is 19.6 Å². The van der Waals surface area contributed by atoms with Crippen LogP contribution in [0.4, 0.5) is 0 Å². The van der Waals surface area contributed by atoms with E-state index in [-0.39, 0.29) is 16.6 Å². The highest BCUT2D eigenvalue weighted by Gasteiger charge is 2.34. The molecule has 0 bridgehead atoms. The summed E-state index contributed by atoms with van der Waals surface area (Å²) in [6.07, 6.45) is 0. The fourth-order valence-electron chi connectivity index (χ4n) is 2.07. The molecule has 0 aromatic carbocycles. The summed E-state index contributed by atoms with van der Waals surface area (Å²) in [7, 11) is -3.65. The van der Waals surface area contributed by atoms with E-state index >= 15 is 0 Å². The van der Waals surface area contributed by atoms with Crippen molar-refractivity contribution in [1.82, 2.24) is 15.3 Å². The molecule has 0 aliphatic heterocycles. The number of rotatable bonds is 4. The second-order valence-corrected chi connectivity index (χ2v) is 17.1. The normalized spacial score (nSPS) is 15.2. The van der Waals surface area contributed by atoms with Gasteiger partial charge >= 0.3 is 0 Å². The van der Waals surface area contributed by atoms with Crippen LogP contribution < -0.4 is 15.3 Å². The maximum atomic E-state index is 5.31. The number of nitrogens with one attached hydrogen (secondary N) is 3. The van der Waals surface area contributed by atoms with E-state index in [0.717, 1.165) is 0 Å². The molecule has 0 atom stereocenters. The molecule has 0 heterocycles. The van der Waals surface area contributed by atoms with Crippen LogP contribution >= 0.6 is 7.51 Å². The van der Waals surface area contributed by atoms with Crippen molar-refractivity contribution in [2.45, 2.75) is 98.6 Å². The van der Waals surface area contributed by atoms with Crippen LogP contribution in [0.25, 0.3) is 0 Å². The molecule has 21 heavy (non-hydrogen) atoms. The van der Waals surface area contributed by atoms with Gasteiger partial charge in [0.15, 0.2) is 15.7 Å². The molecular weight excluding hydrogens is 295 g/mol.